The van der Waals surface area contributed by atoms with Crippen molar-refractivity contribution in [3.63, 3.8) is 0 Å². The van der Waals surface area contributed by atoms with E-state index in [0.29, 0.717) is 6.61 Å². The van der Waals surface area contributed by atoms with Crippen LogP contribution in [0.4, 0.5) is 0 Å². The van der Waals surface area contributed by atoms with Crippen LogP contribution in [0.3, 0.4) is 0 Å². The average Bonchev–Trinajstić information content (AvgIpc) is 2.73. The van der Waals surface area contributed by atoms with Gasteiger partial charge >= 0.3 is 0 Å². The summed E-state index contributed by atoms with van der Waals surface area (Å²) < 4.78 is 9.59. The molecule has 0 saturated heterocycles. The van der Waals surface area contributed by atoms with Crippen molar-refractivity contribution in [2.24, 2.45) is 0 Å². The molecule has 0 bridgehead atoms. The molecule has 1 heterocycles. The zero-order valence-corrected chi connectivity index (χ0v) is 14.5. The van der Waals surface area contributed by atoms with E-state index in [4.69, 9.17) is 4.74 Å². The Balaban J connectivity index is 2.16. The quantitative estimate of drug-likeness (QED) is 0.825. The molecular formula is C14H16Br2N2O2. The lowest BCUT2D eigenvalue weighted by Crippen LogP contribution is -2.06. The van der Waals surface area contributed by atoms with Gasteiger partial charge in [-0.3, -0.25) is 4.68 Å². The molecule has 0 atom stereocenters. The van der Waals surface area contributed by atoms with E-state index < -0.39 is 0 Å². The van der Waals surface area contributed by atoms with Gasteiger partial charge in [-0.1, -0.05) is 15.9 Å². The lowest BCUT2D eigenvalue weighted by Gasteiger charge is -2.10. The Kier molecular flexibility index (Phi) is 5.23. The summed E-state index contributed by atoms with van der Waals surface area (Å²) >= 11 is 6.93. The second-order valence-electron chi connectivity index (χ2n) is 4.36. The predicted molar refractivity (Wildman–Crippen MR) is 84.7 cm³/mol. The fourth-order valence-corrected chi connectivity index (χ4v) is 2.69. The molecule has 1 aromatic heterocycles. The van der Waals surface area contributed by atoms with Crippen LogP contribution in [-0.4, -0.2) is 14.9 Å². The van der Waals surface area contributed by atoms with Crippen molar-refractivity contribution >= 4 is 31.9 Å². The summed E-state index contributed by atoms with van der Waals surface area (Å²) in [4.78, 5) is 0. The first-order valence-electron chi connectivity index (χ1n) is 6.30. The fraction of sp³-hybridized carbons (Fsp3) is 0.357. The largest absolute Gasteiger partial charge is 0.487 e. The van der Waals surface area contributed by atoms with Crippen LogP contribution in [0.1, 0.15) is 23.9 Å². The molecule has 0 amide bonds. The number of halogens is 2. The molecule has 0 aliphatic heterocycles. The molecule has 4 nitrogen and oxygen atoms in total. The summed E-state index contributed by atoms with van der Waals surface area (Å²) in [5.74, 6) is 0.727. The topological polar surface area (TPSA) is 47.3 Å². The molecule has 0 aliphatic carbocycles. The van der Waals surface area contributed by atoms with Crippen LogP contribution in [-0.2, 0) is 19.8 Å². The highest BCUT2D eigenvalue weighted by Crippen LogP contribution is 2.25. The highest BCUT2D eigenvalue weighted by molar-refractivity contribution is 9.10. The molecule has 0 radical (unpaired) electrons. The number of hydrogen-bond donors (Lipinski definition) is 1. The van der Waals surface area contributed by atoms with E-state index in [1.165, 1.54) is 0 Å². The Bertz CT molecular complexity index is 611. The van der Waals surface area contributed by atoms with Crippen LogP contribution in [0.5, 0.6) is 5.75 Å². The molecule has 1 aromatic carbocycles. The van der Waals surface area contributed by atoms with E-state index >= 15 is 0 Å². The Morgan fingerprint density at radius 2 is 2.10 bits per heavy atom. The van der Waals surface area contributed by atoms with Crippen molar-refractivity contribution in [2.75, 3.05) is 0 Å². The highest BCUT2D eigenvalue weighted by atomic mass is 79.9. The summed E-state index contributed by atoms with van der Waals surface area (Å²) in [7, 11) is 0. The minimum absolute atomic E-state index is 0.0204. The van der Waals surface area contributed by atoms with Gasteiger partial charge in [0, 0.05) is 11.0 Å². The molecule has 1 N–H and O–H groups in total. The molecule has 0 saturated carbocycles. The summed E-state index contributed by atoms with van der Waals surface area (Å²) in [5.41, 5.74) is 2.78. The van der Waals surface area contributed by atoms with Crippen LogP contribution in [0.2, 0.25) is 0 Å². The number of ether oxygens (including phenoxy) is 1. The minimum atomic E-state index is -0.0204. The van der Waals surface area contributed by atoms with Gasteiger partial charge in [0.2, 0.25) is 0 Å². The Labute approximate surface area is 135 Å². The average molecular weight is 404 g/mol. The summed E-state index contributed by atoms with van der Waals surface area (Å²) in [6.45, 7) is 5.22. The van der Waals surface area contributed by atoms with E-state index in [2.05, 4.69) is 37.0 Å². The van der Waals surface area contributed by atoms with Gasteiger partial charge in [-0.05, 0) is 53.5 Å². The molecule has 0 unspecified atom stereocenters. The maximum absolute atomic E-state index is 9.25. The fourth-order valence-electron chi connectivity index (χ4n) is 1.92. The first-order chi connectivity index (χ1) is 9.56. The standard InChI is InChI=1S/C14H16Br2N2O2/c1-3-18-13(14(16)9(2)17-18)8-20-11-4-5-12(15)10(6-11)7-19/h4-6,19H,3,7-8H2,1-2H3. The highest BCUT2D eigenvalue weighted by Gasteiger charge is 2.12. The van der Waals surface area contributed by atoms with Gasteiger partial charge in [0.25, 0.3) is 0 Å². The second-order valence-corrected chi connectivity index (χ2v) is 6.01. The number of benzene rings is 1. The number of rotatable bonds is 5. The monoisotopic (exact) mass is 402 g/mol. The maximum atomic E-state index is 9.25. The predicted octanol–water partition coefficient (Wildman–Crippen LogP) is 3.81. The van der Waals surface area contributed by atoms with E-state index in [0.717, 1.165) is 38.2 Å². The molecule has 2 aromatic rings. The minimum Gasteiger partial charge on any atom is -0.487 e. The van der Waals surface area contributed by atoms with Gasteiger partial charge < -0.3 is 9.84 Å². The van der Waals surface area contributed by atoms with Gasteiger partial charge in [0.15, 0.2) is 0 Å². The zero-order chi connectivity index (χ0) is 14.7. The third kappa shape index (κ3) is 3.24. The van der Waals surface area contributed by atoms with Crippen LogP contribution < -0.4 is 4.74 Å². The molecular weight excluding hydrogens is 388 g/mol. The second kappa shape index (κ2) is 6.74. The molecule has 0 fully saturated rings. The van der Waals surface area contributed by atoms with Gasteiger partial charge in [-0.2, -0.15) is 5.10 Å². The first kappa shape index (κ1) is 15.5. The number of aromatic nitrogens is 2. The first-order valence-corrected chi connectivity index (χ1v) is 7.89. The molecule has 6 heteroatoms. The molecule has 108 valence electrons. The number of aliphatic hydroxyl groups is 1. The van der Waals surface area contributed by atoms with Crippen molar-refractivity contribution in [3.05, 3.63) is 44.1 Å². The Morgan fingerprint density at radius 3 is 2.75 bits per heavy atom. The molecule has 20 heavy (non-hydrogen) atoms. The Morgan fingerprint density at radius 1 is 1.35 bits per heavy atom. The zero-order valence-electron chi connectivity index (χ0n) is 11.4. The smallest absolute Gasteiger partial charge is 0.131 e. The van der Waals surface area contributed by atoms with Crippen LogP contribution >= 0.6 is 31.9 Å². The summed E-state index contributed by atoms with van der Waals surface area (Å²) in [5, 5.41) is 13.7. The van der Waals surface area contributed by atoms with E-state index in [1.807, 2.05) is 36.7 Å². The normalized spacial score (nSPS) is 10.8. The molecule has 2 rings (SSSR count). The number of hydrogen-bond acceptors (Lipinski definition) is 3. The van der Waals surface area contributed by atoms with Crippen molar-refractivity contribution in [2.45, 2.75) is 33.6 Å². The van der Waals surface area contributed by atoms with Crippen molar-refractivity contribution in [1.29, 1.82) is 0 Å². The van der Waals surface area contributed by atoms with Crippen molar-refractivity contribution in [3.8, 4) is 5.75 Å². The van der Waals surface area contributed by atoms with E-state index in [-0.39, 0.29) is 6.61 Å². The van der Waals surface area contributed by atoms with E-state index in [9.17, 15) is 5.11 Å². The molecule has 0 aliphatic rings. The maximum Gasteiger partial charge on any atom is 0.131 e. The van der Waals surface area contributed by atoms with Crippen LogP contribution in [0.25, 0.3) is 0 Å². The van der Waals surface area contributed by atoms with Gasteiger partial charge in [-0.25, -0.2) is 0 Å². The molecule has 0 spiro atoms. The Hall–Kier alpha value is -0.850. The number of aryl methyl sites for hydroxylation is 2. The van der Waals surface area contributed by atoms with Gasteiger partial charge in [0.05, 0.1) is 22.5 Å². The summed E-state index contributed by atoms with van der Waals surface area (Å²) in [6.07, 6.45) is 0. The lowest BCUT2D eigenvalue weighted by molar-refractivity contribution is 0.274. The third-order valence-electron chi connectivity index (χ3n) is 3.02. The van der Waals surface area contributed by atoms with E-state index in [1.54, 1.807) is 0 Å². The van der Waals surface area contributed by atoms with Crippen molar-refractivity contribution in [1.82, 2.24) is 9.78 Å². The van der Waals surface area contributed by atoms with Crippen molar-refractivity contribution < 1.29 is 9.84 Å². The van der Waals surface area contributed by atoms with Gasteiger partial charge in [-0.15, -0.1) is 0 Å². The SMILES string of the molecule is CCn1nc(C)c(Br)c1COc1ccc(Br)c(CO)c1. The third-order valence-corrected chi connectivity index (χ3v) is 4.82. The van der Waals surface area contributed by atoms with Crippen LogP contribution in [0.15, 0.2) is 27.1 Å². The summed E-state index contributed by atoms with van der Waals surface area (Å²) in [6, 6.07) is 5.58. The lowest BCUT2D eigenvalue weighted by atomic mass is 10.2. The van der Waals surface area contributed by atoms with Crippen LogP contribution in [0, 0.1) is 6.92 Å². The number of aliphatic hydroxyl groups excluding tert-OH is 1. The van der Waals surface area contributed by atoms with Gasteiger partial charge in [0.1, 0.15) is 12.4 Å². The number of nitrogens with zero attached hydrogens (tertiary/aromatic N) is 2.